The van der Waals surface area contributed by atoms with Gasteiger partial charge in [-0.05, 0) is 25.0 Å². The van der Waals surface area contributed by atoms with E-state index in [2.05, 4.69) is 10.1 Å². The van der Waals surface area contributed by atoms with E-state index in [1.165, 1.54) is 17.8 Å². The molecule has 3 aromatic heterocycles. The lowest BCUT2D eigenvalue weighted by molar-refractivity contribution is 0.629. The smallest absolute Gasteiger partial charge is 0.212 e. The summed E-state index contributed by atoms with van der Waals surface area (Å²) in [7, 11) is 0. The SMILES string of the molecule is c1ccc2oc(-c3cn4nc(C5CC5)sc4n3)cc2c1. The molecule has 0 saturated heterocycles. The number of nitrogens with zero attached hydrogens (tertiary/aromatic N) is 3. The summed E-state index contributed by atoms with van der Waals surface area (Å²) in [5, 5.41) is 6.92. The Hall–Kier alpha value is -2.14. The third-order valence-corrected chi connectivity index (χ3v) is 4.75. The van der Waals surface area contributed by atoms with Crippen LogP contribution in [0.3, 0.4) is 0 Å². The fourth-order valence-corrected chi connectivity index (χ4v) is 3.49. The number of rotatable bonds is 2. The molecule has 0 atom stereocenters. The van der Waals surface area contributed by atoms with Crippen LogP contribution in [0, 0.1) is 0 Å². The first kappa shape index (κ1) is 10.6. The predicted octanol–water partition coefficient (Wildman–Crippen LogP) is 4.08. The molecule has 3 heterocycles. The molecule has 1 saturated carbocycles. The molecule has 0 spiro atoms. The Labute approximate surface area is 118 Å². The van der Waals surface area contributed by atoms with Gasteiger partial charge in [0.2, 0.25) is 4.96 Å². The highest BCUT2D eigenvalue weighted by atomic mass is 32.1. The minimum absolute atomic E-state index is 0.677. The molecule has 0 radical (unpaired) electrons. The number of benzene rings is 1. The third kappa shape index (κ3) is 1.53. The van der Waals surface area contributed by atoms with Gasteiger partial charge < -0.3 is 4.42 Å². The first-order valence-corrected chi connectivity index (χ1v) is 7.53. The summed E-state index contributed by atoms with van der Waals surface area (Å²) >= 11 is 1.69. The van der Waals surface area contributed by atoms with E-state index in [0.717, 1.165) is 27.4 Å². The Kier molecular flexibility index (Phi) is 1.96. The van der Waals surface area contributed by atoms with E-state index in [4.69, 9.17) is 4.42 Å². The van der Waals surface area contributed by atoms with Gasteiger partial charge in [-0.15, -0.1) is 0 Å². The van der Waals surface area contributed by atoms with Crippen LogP contribution in [0.15, 0.2) is 40.9 Å². The van der Waals surface area contributed by atoms with Crippen molar-refractivity contribution in [2.75, 3.05) is 0 Å². The Bertz CT molecular complexity index is 864. The maximum atomic E-state index is 5.84. The molecule has 1 aromatic carbocycles. The van der Waals surface area contributed by atoms with Gasteiger partial charge in [-0.25, -0.2) is 9.50 Å². The van der Waals surface area contributed by atoms with Gasteiger partial charge in [0.1, 0.15) is 16.3 Å². The number of hydrogen-bond acceptors (Lipinski definition) is 4. The molecule has 1 aliphatic carbocycles. The van der Waals surface area contributed by atoms with Gasteiger partial charge in [-0.2, -0.15) is 5.10 Å². The summed E-state index contributed by atoms with van der Waals surface area (Å²) in [6, 6.07) is 10.0. The van der Waals surface area contributed by atoms with Gasteiger partial charge in [0.15, 0.2) is 5.76 Å². The Morgan fingerprint density at radius 3 is 2.95 bits per heavy atom. The van der Waals surface area contributed by atoms with Gasteiger partial charge in [0.05, 0.1) is 6.20 Å². The molecule has 98 valence electrons. The number of furan rings is 1. The van der Waals surface area contributed by atoms with Crippen molar-refractivity contribution < 1.29 is 4.42 Å². The van der Waals surface area contributed by atoms with E-state index in [0.29, 0.717) is 5.92 Å². The fourth-order valence-electron chi connectivity index (χ4n) is 2.44. The van der Waals surface area contributed by atoms with E-state index in [1.807, 2.05) is 41.0 Å². The van der Waals surface area contributed by atoms with Crippen LogP contribution in [0.5, 0.6) is 0 Å². The Balaban J connectivity index is 1.63. The number of aromatic nitrogens is 3. The number of imidazole rings is 1. The van der Waals surface area contributed by atoms with Crippen molar-refractivity contribution in [2.45, 2.75) is 18.8 Å². The minimum Gasteiger partial charge on any atom is -0.454 e. The van der Waals surface area contributed by atoms with Crippen molar-refractivity contribution >= 4 is 27.3 Å². The zero-order valence-corrected chi connectivity index (χ0v) is 11.4. The molecule has 0 unspecified atom stereocenters. The monoisotopic (exact) mass is 281 g/mol. The van der Waals surface area contributed by atoms with E-state index < -0.39 is 0 Å². The highest BCUT2D eigenvalue weighted by Crippen LogP contribution is 2.42. The molecular weight excluding hydrogens is 270 g/mol. The van der Waals surface area contributed by atoms with E-state index >= 15 is 0 Å². The first-order valence-electron chi connectivity index (χ1n) is 6.72. The van der Waals surface area contributed by atoms with Gasteiger partial charge in [0, 0.05) is 11.3 Å². The van der Waals surface area contributed by atoms with Crippen LogP contribution in [0.25, 0.3) is 27.4 Å². The summed E-state index contributed by atoms with van der Waals surface area (Å²) in [6.07, 6.45) is 4.50. The Morgan fingerprint density at radius 1 is 1.25 bits per heavy atom. The lowest BCUT2D eigenvalue weighted by Crippen LogP contribution is -1.83. The molecule has 0 aliphatic heterocycles. The minimum atomic E-state index is 0.677. The molecule has 0 bridgehead atoms. The highest BCUT2D eigenvalue weighted by molar-refractivity contribution is 7.16. The molecule has 5 heteroatoms. The summed E-state index contributed by atoms with van der Waals surface area (Å²) in [6.45, 7) is 0. The second-order valence-corrected chi connectivity index (χ2v) is 6.20. The van der Waals surface area contributed by atoms with Crippen LogP contribution in [0.2, 0.25) is 0 Å². The fraction of sp³-hybridized carbons (Fsp3) is 0.200. The quantitative estimate of drug-likeness (QED) is 0.556. The molecular formula is C15H11N3OS. The van der Waals surface area contributed by atoms with Crippen LogP contribution in [-0.4, -0.2) is 14.6 Å². The molecule has 0 N–H and O–H groups in total. The van der Waals surface area contributed by atoms with Crippen LogP contribution < -0.4 is 0 Å². The molecule has 5 rings (SSSR count). The maximum Gasteiger partial charge on any atom is 0.212 e. The zero-order valence-electron chi connectivity index (χ0n) is 10.6. The average molecular weight is 281 g/mol. The van der Waals surface area contributed by atoms with Crippen molar-refractivity contribution in [2.24, 2.45) is 0 Å². The average Bonchev–Trinajstić information content (AvgIpc) is 2.93. The van der Waals surface area contributed by atoms with Crippen LogP contribution in [-0.2, 0) is 0 Å². The van der Waals surface area contributed by atoms with E-state index in [-0.39, 0.29) is 0 Å². The molecule has 20 heavy (non-hydrogen) atoms. The van der Waals surface area contributed by atoms with Crippen LogP contribution in [0.4, 0.5) is 0 Å². The standard InChI is InChI=1S/C15H11N3OS/c1-2-4-12-10(3-1)7-13(19-12)11-8-18-15(16-11)20-14(17-18)9-5-6-9/h1-4,7-9H,5-6H2. The van der Waals surface area contributed by atoms with Gasteiger partial charge in [-0.3, -0.25) is 0 Å². The lowest BCUT2D eigenvalue weighted by atomic mass is 10.2. The van der Waals surface area contributed by atoms with Crippen molar-refractivity contribution in [3.8, 4) is 11.5 Å². The van der Waals surface area contributed by atoms with Crippen molar-refractivity contribution in [3.63, 3.8) is 0 Å². The van der Waals surface area contributed by atoms with E-state index in [1.54, 1.807) is 11.3 Å². The maximum absolute atomic E-state index is 5.84. The molecule has 1 fully saturated rings. The van der Waals surface area contributed by atoms with E-state index in [9.17, 15) is 0 Å². The lowest BCUT2D eigenvalue weighted by Gasteiger charge is -1.87. The molecule has 1 aliphatic rings. The highest BCUT2D eigenvalue weighted by Gasteiger charge is 2.28. The molecule has 0 amide bonds. The number of fused-ring (bicyclic) bond motifs is 2. The third-order valence-electron chi connectivity index (χ3n) is 3.66. The summed E-state index contributed by atoms with van der Waals surface area (Å²) in [5.74, 6) is 1.48. The van der Waals surface area contributed by atoms with Crippen LogP contribution >= 0.6 is 11.3 Å². The number of para-hydroxylation sites is 1. The summed E-state index contributed by atoms with van der Waals surface area (Å²) < 4.78 is 7.72. The number of hydrogen-bond donors (Lipinski definition) is 0. The predicted molar refractivity (Wildman–Crippen MR) is 78.0 cm³/mol. The second kappa shape index (κ2) is 3.70. The normalized spacial score (nSPS) is 15.4. The molecule has 4 nitrogen and oxygen atoms in total. The topological polar surface area (TPSA) is 43.3 Å². The van der Waals surface area contributed by atoms with Crippen molar-refractivity contribution in [3.05, 3.63) is 41.5 Å². The summed E-state index contributed by atoms with van der Waals surface area (Å²) in [4.78, 5) is 5.58. The first-order chi connectivity index (χ1) is 9.87. The largest absolute Gasteiger partial charge is 0.454 e. The summed E-state index contributed by atoms with van der Waals surface area (Å²) in [5.41, 5.74) is 1.74. The van der Waals surface area contributed by atoms with Crippen LogP contribution in [0.1, 0.15) is 23.8 Å². The van der Waals surface area contributed by atoms with Crippen molar-refractivity contribution in [1.29, 1.82) is 0 Å². The van der Waals surface area contributed by atoms with Crippen molar-refractivity contribution in [1.82, 2.24) is 14.6 Å². The van der Waals surface area contributed by atoms with Gasteiger partial charge in [0.25, 0.3) is 0 Å². The van der Waals surface area contributed by atoms with Gasteiger partial charge >= 0.3 is 0 Å². The van der Waals surface area contributed by atoms with Gasteiger partial charge in [-0.1, -0.05) is 29.5 Å². The molecule has 4 aromatic rings. The zero-order chi connectivity index (χ0) is 13.1. The Morgan fingerprint density at radius 2 is 2.15 bits per heavy atom. The second-order valence-electron chi connectivity index (χ2n) is 5.22.